The molecular weight excluding hydrogens is 593 g/mol. The molecule has 1 aromatic heterocycles. The number of aryl methyl sites for hydroxylation is 1. The fourth-order valence-corrected chi connectivity index (χ4v) is 6.44. The van der Waals surface area contributed by atoms with Crippen LogP contribution < -0.4 is 21.3 Å². The van der Waals surface area contributed by atoms with Gasteiger partial charge in [0, 0.05) is 24.9 Å². The van der Waals surface area contributed by atoms with Gasteiger partial charge in [0.2, 0.25) is 5.91 Å². The molecule has 228 valence electrons. The Hall–Kier alpha value is -3.54. The van der Waals surface area contributed by atoms with Crippen molar-refractivity contribution in [3.8, 4) is 0 Å². The van der Waals surface area contributed by atoms with Crippen molar-refractivity contribution in [3.05, 3.63) is 75.0 Å². The van der Waals surface area contributed by atoms with E-state index in [0.29, 0.717) is 12.2 Å². The third kappa shape index (κ3) is 7.17. The molecule has 2 atom stereocenters. The van der Waals surface area contributed by atoms with Gasteiger partial charge in [-0.25, -0.2) is 4.39 Å². The molecule has 1 aliphatic carbocycles. The lowest BCUT2D eigenvalue weighted by atomic mass is 9.95. The van der Waals surface area contributed by atoms with Gasteiger partial charge in [-0.2, -0.15) is 4.37 Å². The van der Waals surface area contributed by atoms with E-state index < -0.39 is 29.6 Å². The monoisotopic (exact) mass is 627 g/mol. The highest BCUT2D eigenvalue weighted by Gasteiger charge is 2.37. The average molecular weight is 628 g/mol. The van der Waals surface area contributed by atoms with Crippen molar-refractivity contribution in [1.29, 1.82) is 0 Å². The first-order chi connectivity index (χ1) is 20.7. The van der Waals surface area contributed by atoms with Crippen molar-refractivity contribution in [2.24, 2.45) is 0 Å². The van der Waals surface area contributed by atoms with Crippen molar-refractivity contribution >= 4 is 52.2 Å². The normalized spacial score (nSPS) is 17.8. The zero-order valence-corrected chi connectivity index (χ0v) is 25.5. The smallest absolute Gasteiger partial charge is 0.273 e. The highest BCUT2D eigenvalue weighted by atomic mass is 35.5. The Morgan fingerprint density at radius 2 is 1.86 bits per heavy atom. The van der Waals surface area contributed by atoms with E-state index in [9.17, 15) is 18.8 Å². The number of carbonyl (C=O) groups excluding carboxylic acids is 3. The van der Waals surface area contributed by atoms with Crippen LogP contribution >= 0.6 is 23.1 Å². The van der Waals surface area contributed by atoms with Gasteiger partial charge in [-0.1, -0.05) is 60.7 Å². The zero-order valence-electron chi connectivity index (χ0n) is 23.9. The van der Waals surface area contributed by atoms with Crippen LogP contribution in [0, 0.1) is 12.7 Å². The SMILES string of the molecule is Cc1ccc([C@@H](C(=O)NC[C@@H]2CCCO2)N(C(=O)c2snc(C(=O)NC3CCCCC3)c2N)c2ccc(F)c(Cl)c2)cc1. The number of hydrogen-bond acceptors (Lipinski definition) is 7. The quantitative estimate of drug-likeness (QED) is 0.285. The van der Waals surface area contributed by atoms with Crippen LogP contribution in [0.5, 0.6) is 0 Å². The van der Waals surface area contributed by atoms with Gasteiger partial charge in [-0.15, -0.1) is 0 Å². The van der Waals surface area contributed by atoms with Crippen LogP contribution in [0.3, 0.4) is 0 Å². The summed E-state index contributed by atoms with van der Waals surface area (Å²) in [5.74, 6) is -2.26. The lowest BCUT2D eigenvalue weighted by molar-refractivity contribution is -0.123. The Bertz CT molecular complexity index is 1470. The van der Waals surface area contributed by atoms with E-state index in [2.05, 4.69) is 15.0 Å². The maximum absolute atomic E-state index is 14.4. The van der Waals surface area contributed by atoms with E-state index in [4.69, 9.17) is 22.1 Å². The fraction of sp³-hybridized carbons (Fsp3) is 0.419. The first-order valence-electron chi connectivity index (χ1n) is 14.5. The van der Waals surface area contributed by atoms with Gasteiger partial charge in [0.25, 0.3) is 11.8 Å². The van der Waals surface area contributed by atoms with Crippen LogP contribution in [-0.2, 0) is 9.53 Å². The van der Waals surface area contributed by atoms with Gasteiger partial charge in [-0.05, 0) is 67.9 Å². The van der Waals surface area contributed by atoms with Gasteiger partial charge in [0.15, 0.2) is 5.69 Å². The lowest BCUT2D eigenvalue weighted by Gasteiger charge is -2.32. The molecule has 1 saturated carbocycles. The second-order valence-corrected chi connectivity index (χ2v) is 12.2. The highest BCUT2D eigenvalue weighted by Crippen LogP contribution is 2.35. The van der Waals surface area contributed by atoms with E-state index >= 15 is 0 Å². The highest BCUT2D eigenvalue weighted by molar-refractivity contribution is 7.09. The predicted molar refractivity (Wildman–Crippen MR) is 165 cm³/mol. The Kier molecular flexibility index (Phi) is 9.94. The number of anilines is 2. The third-order valence-corrected chi connectivity index (χ3v) is 9.05. The van der Waals surface area contributed by atoms with Crippen molar-refractivity contribution < 1.29 is 23.5 Å². The van der Waals surface area contributed by atoms with Crippen molar-refractivity contribution in [3.63, 3.8) is 0 Å². The topological polar surface area (TPSA) is 127 Å². The summed E-state index contributed by atoms with van der Waals surface area (Å²) in [7, 11) is 0. The minimum absolute atomic E-state index is 0.0155. The predicted octanol–water partition coefficient (Wildman–Crippen LogP) is 5.57. The summed E-state index contributed by atoms with van der Waals surface area (Å²) in [4.78, 5) is 42.6. The zero-order chi connectivity index (χ0) is 30.5. The van der Waals surface area contributed by atoms with Crippen molar-refractivity contribution in [2.75, 3.05) is 23.8 Å². The molecule has 2 aliphatic rings. The summed E-state index contributed by atoms with van der Waals surface area (Å²) < 4.78 is 24.2. The van der Waals surface area contributed by atoms with Crippen LogP contribution in [0.4, 0.5) is 15.8 Å². The van der Waals surface area contributed by atoms with Gasteiger partial charge >= 0.3 is 0 Å². The molecule has 5 rings (SSSR count). The molecule has 12 heteroatoms. The molecule has 0 bridgehead atoms. The summed E-state index contributed by atoms with van der Waals surface area (Å²) in [6.45, 7) is 2.81. The van der Waals surface area contributed by atoms with Crippen LogP contribution in [-0.4, -0.2) is 47.4 Å². The summed E-state index contributed by atoms with van der Waals surface area (Å²) in [6, 6.07) is 9.84. The van der Waals surface area contributed by atoms with E-state index in [0.717, 1.165) is 68.1 Å². The number of benzene rings is 2. The molecule has 0 spiro atoms. The number of nitrogens with zero attached hydrogens (tertiary/aromatic N) is 2. The average Bonchev–Trinajstić information content (AvgIpc) is 3.67. The second-order valence-electron chi connectivity index (χ2n) is 11.0. The van der Waals surface area contributed by atoms with E-state index in [1.165, 1.54) is 17.0 Å². The molecule has 2 aromatic carbocycles. The molecule has 0 radical (unpaired) electrons. The molecule has 1 saturated heterocycles. The minimum atomic E-state index is -1.18. The molecule has 3 aromatic rings. The molecule has 2 heterocycles. The van der Waals surface area contributed by atoms with E-state index in [-0.39, 0.29) is 45.7 Å². The van der Waals surface area contributed by atoms with E-state index in [1.54, 1.807) is 12.1 Å². The number of ether oxygens (including phenoxy) is 1. The molecular formula is C31H35ClFN5O4S. The molecule has 1 aliphatic heterocycles. The molecule has 0 unspecified atom stereocenters. The number of nitrogens with two attached hydrogens (primary N) is 1. The lowest BCUT2D eigenvalue weighted by Crippen LogP contribution is -2.45. The van der Waals surface area contributed by atoms with Crippen LogP contribution in [0.2, 0.25) is 5.02 Å². The molecule has 3 amide bonds. The Balaban J connectivity index is 1.52. The number of nitrogens with one attached hydrogen (secondary N) is 2. The molecule has 43 heavy (non-hydrogen) atoms. The van der Waals surface area contributed by atoms with Gasteiger partial charge < -0.3 is 21.1 Å². The third-order valence-electron chi connectivity index (χ3n) is 7.91. The Morgan fingerprint density at radius 3 is 2.53 bits per heavy atom. The summed E-state index contributed by atoms with van der Waals surface area (Å²) in [5.41, 5.74) is 7.93. The minimum Gasteiger partial charge on any atom is -0.395 e. The first-order valence-corrected chi connectivity index (χ1v) is 15.7. The van der Waals surface area contributed by atoms with Crippen LogP contribution in [0.1, 0.15) is 82.3 Å². The number of aromatic nitrogens is 1. The number of rotatable bonds is 9. The van der Waals surface area contributed by atoms with Gasteiger partial charge in [0.05, 0.1) is 16.8 Å². The van der Waals surface area contributed by atoms with E-state index in [1.807, 2.05) is 19.1 Å². The molecule has 2 fully saturated rings. The van der Waals surface area contributed by atoms with Crippen LogP contribution in [0.25, 0.3) is 0 Å². The number of nitrogen functional groups attached to an aromatic ring is 1. The standard InChI is InChI=1S/C31H35ClFN5O4S/c1-18-9-11-19(12-10-18)27(30(40)35-17-22-8-5-15-42-22)38(21-13-14-24(33)23(32)16-21)31(41)28-25(34)26(37-43-28)29(39)36-20-6-3-2-4-7-20/h9-14,16,20,22,27H,2-8,15,17,34H2,1H3,(H,35,40)(H,36,39)/t22-,27-/m0/s1. The molecule has 4 N–H and O–H groups in total. The van der Waals surface area contributed by atoms with Crippen LogP contribution in [0.15, 0.2) is 42.5 Å². The number of carbonyl (C=O) groups is 3. The number of hydrogen-bond donors (Lipinski definition) is 3. The van der Waals surface area contributed by atoms with Gasteiger partial charge in [-0.3, -0.25) is 19.3 Å². The van der Waals surface area contributed by atoms with Gasteiger partial charge in [0.1, 0.15) is 16.7 Å². The fourth-order valence-electron chi connectivity index (χ4n) is 5.53. The number of amides is 3. The largest absolute Gasteiger partial charge is 0.395 e. The first kappa shape index (κ1) is 30.9. The van der Waals surface area contributed by atoms with Crippen molar-refractivity contribution in [2.45, 2.75) is 70.1 Å². The molecule has 9 nitrogen and oxygen atoms in total. The number of halogens is 2. The summed E-state index contributed by atoms with van der Waals surface area (Å²) >= 11 is 6.94. The van der Waals surface area contributed by atoms with Crippen molar-refractivity contribution in [1.82, 2.24) is 15.0 Å². The summed E-state index contributed by atoms with van der Waals surface area (Å²) in [6.07, 6.45) is 6.54. The maximum atomic E-state index is 14.4. The maximum Gasteiger partial charge on any atom is 0.273 e. The summed E-state index contributed by atoms with van der Waals surface area (Å²) in [5, 5.41) is 5.70. The Labute approximate surface area is 259 Å². The Morgan fingerprint density at radius 1 is 1.12 bits per heavy atom. The second kappa shape index (κ2) is 13.8.